The fourth-order valence-electron chi connectivity index (χ4n) is 3.00. The molecule has 0 aliphatic heterocycles. The van der Waals surface area contributed by atoms with Gasteiger partial charge in [-0.15, -0.1) is 0 Å². The molecule has 1 unspecified atom stereocenters. The van der Waals surface area contributed by atoms with Crippen LogP contribution in [0.1, 0.15) is 50.2 Å². The van der Waals surface area contributed by atoms with Crippen molar-refractivity contribution < 1.29 is 9.84 Å². The maximum atomic E-state index is 10.1. The second-order valence-corrected chi connectivity index (χ2v) is 6.56. The van der Waals surface area contributed by atoms with Crippen molar-refractivity contribution in [3.05, 3.63) is 29.3 Å². The van der Waals surface area contributed by atoms with E-state index in [4.69, 9.17) is 10.00 Å². The number of benzene rings is 1. The molecule has 1 saturated carbocycles. The van der Waals surface area contributed by atoms with Gasteiger partial charge >= 0.3 is 0 Å². The predicted molar refractivity (Wildman–Crippen MR) is 86.9 cm³/mol. The Labute approximate surface area is 133 Å². The second kappa shape index (κ2) is 7.62. The molecule has 1 aromatic rings. The summed E-state index contributed by atoms with van der Waals surface area (Å²) in [6.07, 6.45) is 5.67. The molecule has 22 heavy (non-hydrogen) atoms. The third-order valence-electron chi connectivity index (χ3n) is 4.46. The molecule has 1 atom stereocenters. The van der Waals surface area contributed by atoms with Crippen LogP contribution in [-0.2, 0) is 0 Å². The Kier molecular flexibility index (Phi) is 5.82. The molecule has 1 aliphatic carbocycles. The largest absolute Gasteiger partial charge is 0.491 e. The van der Waals surface area contributed by atoms with Crippen molar-refractivity contribution in [3.63, 3.8) is 0 Å². The van der Waals surface area contributed by atoms with Gasteiger partial charge in [-0.3, -0.25) is 0 Å². The molecule has 4 heteroatoms. The summed E-state index contributed by atoms with van der Waals surface area (Å²) >= 11 is 0. The van der Waals surface area contributed by atoms with Crippen molar-refractivity contribution in [2.75, 3.05) is 13.2 Å². The van der Waals surface area contributed by atoms with Crippen LogP contribution in [0.3, 0.4) is 0 Å². The molecule has 0 spiro atoms. The molecule has 2 rings (SSSR count). The smallest absolute Gasteiger partial charge is 0.122 e. The third-order valence-corrected chi connectivity index (χ3v) is 4.46. The van der Waals surface area contributed by atoms with Crippen LogP contribution in [0, 0.1) is 18.3 Å². The van der Waals surface area contributed by atoms with E-state index < -0.39 is 6.10 Å². The zero-order valence-corrected chi connectivity index (χ0v) is 13.6. The summed E-state index contributed by atoms with van der Waals surface area (Å²) in [5.74, 6) is 0.724. The first-order chi connectivity index (χ1) is 10.5. The average molecular weight is 302 g/mol. The van der Waals surface area contributed by atoms with Crippen LogP contribution in [0.15, 0.2) is 18.2 Å². The number of nitrogens with one attached hydrogen (secondary N) is 1. The Morgan fingerprint density at radius 1 is 1.36 bits per heavy atom. The first kappa shape index (κ1) is 16.8. The highest BCUT2D eigenvalue weighted by molar-refractivity contribution is 5.41. The van der Waals surface area contributed by atoms with Crippen molar-refractivity contribution >= 4 is 0 Å². The maximum absolute atomic E-state index is 10.1. The van der Waals surface area contributed by atoms with Gasteiger partial charge in [0.2, 0.25) is 0 Å². The van der Waals surface area contributed by atoms with Gasteiger partial charge < -0.3 is 15.2 Å². The number of β-amino-alcohol motifs (C(OH)–C–C–N with tert-alkyl or cyclic N) is 1. The van der Waals surface area contributed by atoms with Gasteiger partial charge in [-0.2, -0.15) is 5.26 Å². The number of aliphatic hydroxyl groups excluding tert-OH is 1. The number of aliphatic hydroxyl groups is 1. The van der Waals surface area contributed by atoms with Crippen LogP contribution in [0.5, 0.6) is 5.75 Å². The minimum atomic E-state index is -0.534. The number of nitrogens with zero attached hydrogens (tertiary/aromatic N) is 1. The van der Waals surface area contributed by atoms with Gasteiger partial charge in [-0.05, 0) is 50.5 Å². The fraction of sp³-hybridized carbons (Fsp3) is 0.611. The van der Waals surface area contributed by atoms with Crippen molar-refractivity contribution in [3.8, 4) is 11.8 Å². The average Bonchev–Trinajstić information content (AvgIpc) is 2.52. The molecule has 0 aromatic heterocycles. The monoisotopic (exact) mass is 302 g/mol. The summed E-state index contributed by atoms with van der Waals surface area (Å²) in [6, 6.07) is 7.42. The zero-order valence-electron chi connectivity index (χ0n) is 13.6. The Bertz CT molecular complexity index is 530. The number of rotatable bonds is 6. The van der Waals surface area contributed by atoms with Gasteiger partial charge in [0.1, 0.15) is 18.5 Å². The van der Waals surface area contributed by atoms with Crippen LogP contribution < -0.4 is 10.1 Å². The van der Waals surface area contributed by atoms with Crippen molar-refractivity contribution in [1.29, 1.82) is 5.26 Å². The lowest BCUT2D eigenvalue weighted by Gasteiger charge is -2.35. The minimum absolute atomic E-state index is 0.156. The van der Waals surface area contributed by atoms with Gasteiger partial charge in [0.15, 0.2) is 0 Å². The minimum Gasteiger partial charge on any atom is -0.491 e. The van der Waals surface area contributed by atoms with Crippen molar-refractivity contribution in [2.24, 2.45) is 0 Å². The van der Waals surface area contributed by atoms with Gasteiger partial charge in [-0.1, -0.05) is 19.3 Å². The summed E-state index contributed by atoms with van der Waals surface area (Å²) in [5.41, 5.74) is 1.69. The van der Waals surface area contributed by atoms with Crippen molar-refractivity contribution in [1.82, 2.24) is 5.32 Å². The zero-order chi connectivity index (χ0) is 16.0. The highest BCUT2D eigenvalue weighted by Gasteiger charge is 2.26. The highest BCUT2D eigenvalue weighted by atomic mass is 16.5. The molecule has 0 amide bonds. The molecule has 0 saturated heterocycles. The van der Waals surface area contributed by atoms with Crippen LogP contribution in [0.2, 0.25) is 0 Å². The van der Waals surface area contributed by atoms with E-state index in [1.165, 1.54) is 32.1 Å². The normalized spacial score (nSPS) is 18.5. The van der Waals surface area contributed by atoms with Gasteiger partial charge in [-0.25, -0.2) is 0 Å². The Hall–Kier alpha value is -1.57. The van der Waals surface area contributed by atoms with E-state index in [2.05, 4.69) is 18.3 Å². The predicted octanol–water partition coefficient (Wildman–Crippen LogP) is 2.92. The van der Waals surface area contributed by atoms with Crippen LogP contribution >= 0.6 is 0 Å². The van der Waals surface area contributed by atoms with Gasteiger partial charge in [0.05, 0.1) is 11.6 Å². The number of aryl methyl sites for hydroxylation is 1. The van der Waals surface area contributed by atoms with Gasteiger partial charge in [0.25, 0.3) is 0 Å². The lowest BCUT2D eigenvalue weighted by molar-refractivity contribution is 0.0927. The summed E-state index contributed by atoms with van der Waals surface area (Å²) in [4.78, 5) is 0. The van der Waals surface area contributed by atoms with E-state index in [0.29, 0.717) is 12.1 Å². The van der Waals surface area contributed by atoms with Gasteiger partial charge in [0, 0.05) is 12.1 Å². The first-order valence-electron chi connectivity index (χ1n) is 8.09. The molecule has 0 radical (unpaired) electrons. The Balaban J connectivity index is 1.78. The second-order valence-electron chi connectivity index (χ2n) is 6.56. The van der Waals surface area contributed by atoms with E-state index in [1.807, 2.05) is 6.92 Å². The number of ether oxygens (including phenoxy) is 1. The molecule has 1 aliphatic rings. The maximum Gasteiger partial charge on any atom is 0.122 e. The van der Waals surface area contributed by atoms with E-state index in [-0.39, 0.29) is 12.1 Å². The molecule has 1 aromatic carbocycles. The number of hydrogen-bond donors (Lipinski definition) is 2. The summed E-state index contributed by atoms with van der Waals surface area (Å²) in [6.45, 7) is 4.95. The quantitative estimate of drug-likeness (QED) is 0.848. The molecule has 0 heterocycles. The lowest BCUT2D eigenvalue weighted by Crippen LogP contribution is -2.48. The highest BCUT2D eigenvalue weighted by Crippen LogP contribution is 2.27. The molecular weight excluding hydrogens is 276 g/mol. The van der Waals surface area contributed by atoms with Crippen molar-refractivity contribution in [2.45, 2.75) is 57.6 Å². The SMILES string of the molecule is Cc1cc(C#N)ccc1OCC(O)CNC1(C)CCCCC1. The Morgan fingerprint density at radius 3 is 2.73 bits per heavy atom. The lowest BCUT2D eigenvalue weighted by atomic mass is 9.83. The van der Waals surface area contributed by atoms with Crippen LogP contribution in [-0.4, -0.2) is 29.9 Å². The molecule has 2 N–H and O–H groups in total. The standard InChI is InChI=1S/C18H26N2O2/c1-14-10-15(11-19)6-7-17(14)22-13-16(21)12-20-18(2)8-4-3-5-9-18/h6-7,10,16,20-21H,3-5,8-9,12-13H2,1-2H3. The van der Waals surface area contributed by atoms with Crippen LogP contribution in [0.25, 0.3) is 0 Å². The first-order valence-corrected chi connectivity index (χ1v) is 8.09. The molecular formula is C18H26N2O2. The molecule has 120 valence electrons. The Morgan fingerprint density at radius 2 is 2.09 bits per heavy atom. The topological polar surface area (TPSA) is 65.3 Å². The van der Waals surface area contributed by atoms with E-state index in [1.54, 1.807) is 18.2 Å². The van der Waals surface area contributed by atoms with E-state index in [0.717, 1.165) is 11.3 Å². The van der Waals surface area contributed by atoms with E-state index >= 15 is 0 Å². The van der Waals surface area contributed by atoms with E-state index in [9.17, 15) is 5.11 Å². The number of nitriles is 1. The summed E-state index contributed by atoms with van der Waals surface area (Å²) < 4.78 is 5.67. The summed E-state index contributed by atoms with van der Waals surface area (Å²) in [5, 5.41) is 22.5. The fourth-order valence-corrected chi connectivity index (χ4v) is 3.00. The number of hydrogen-bond acceptors (Lipinski definition) is 4. The molecule has 1 fully saturated rings. The third kappa shape index (κ3) is 4.72. The summed E-state index contributed by atoms with van der Waals surface area (Å²) in [7, 11) is 0. The van der Waals surface area contributed by atoms with Crippen LogP contribution in [0.4, 0.5) is 0 Å². The molecule has 4 nitrogen and oxygen atoms in total. The molecule has 0 bridgehead atoms.